The summed E-state index contributed by atoms with van der Waals surface area (Å²) in [5.74, 6) is 0.798. The molecule has 0 atom stereocenters. The normalized spacial score (nSPS) is 11.2. The maximum Gasteiger partial charge on any atom is 0.132 e. The van der Waals surface area contributed by atoms with Crippen molar-refractivity contribution in [3.05, 3.63) is 70.0 Å². The van der Waals surface area contributed by atoms with E-state index in [-0.39, 0.29) is 5.82 Å². The van der Waals surface area contributed by atoms with Crippen molar-refractivity contribution < 1.29 is 4.39 Å². The van der Waals surface area contributed by atoms with Crippen molar-refractivity contribution in [1.29, 1.82) is 0 Å². The van der Waals surface area contributed by atoms with Crippen LogP contribution in [0.4, 0.5) is 4.39 Å². The van der Waals surface area contributed by atoms with Gasteiger partial charge in [0.05, 0.1) is 5.52 Å². The van der Waals surface area contributed by atoms with Crippen LogP contribution in [0.25, 0.3) is 5.52 Å². The SMILES string of the molecule is Cc1ccc2c(Br)nc(CCc3cccc(F)c3)n2c1. The fraction of sp³-hybridized carbons (Fsp3) is 0.188. The highest BCUT2D eigenvalue weighted by Crippen LogP contribution is 2.20. The summed E-state index contributed by atoms with van der Waals surface area (Å²) in [7, 11) is 0. The van der Waals surface area contributed by atoms with Gasteiger partial charge in [0.1, 0.15) is 16.2 Å². The number of pyridine rings is 1. The minimum absolute atomic E-state index is 0.187. The molecule has 2 aromatic heterocycles. The highest BCUT2D eigenvalue weighted by Gasteiger charge is 2.09. The van der Waals surface area contributed by atoms with Gasteiger partial charge in [0.15, 0.2) is 0 Å². The number of hydrogen-bond acceptors (Lipinski definition) is 1. The topological polar surface area (TPSA) is 17.3 Å². The smallest absolute Gasteiger partial charge is 0.132 e. The molecule has 1 aromatic carbocycles. The number of imidazole rings is 1. The second-order valence-electron chi connectivity index (χ2n) is 4.91. The van der Waals surface area contributed by atoms with Crippen LogP contribution in [-0.2, 0) is 12.8 Å². The molecule has 20 heavy (non-hydrogen) atoms. The van der Waals surface area contributed by atoms with E-state index in [4.69, 9.17) is 0 Å². The first-order chi connectivity index (χ1) is 9.63. The van der Waals surface area contributed by atoms with Gasteiger partial charge in [-0.15, -0.1) is 0 Å². The van der Waals surface area contributed by atoms with Crippen LogP contribution in [0.15, 0.2) is 47.2 Å². The fourth-order valence-corrected chi connectivity index (χ4v) is 2.87. The van der Waals surface area contributed by atoms with Crippen LogP contribution in [0.1, 0.15) is 17.0 Å². The van der Waals surface area contributed by atoms with Crippen molar-refractivity contribution in [3.63, 3.8) is 0 Å². The molecule has 0 N–H and O–H groups in total. The standard InChI is InChI=1S/C16H14BrFN2/c1-11-5-7-14-16(17)19-15(20(14)10-11)8-6-12-3-2-4-13(18)9-12/h2-5,7,9-10H,6,8H2,1H3. The summed E-state index contributed by atoms with van der Waals surface area (Å²) in [6, 6.07) is 10.9. The molecule has 4 heteroatoms. The molecule has 0 saturated heterocycles. The predicted molar refractivity (Wildman–Crippen MR) is 81.4 cm³/mol. The monoisotopic (exact) mass is 332 g/mol. The van der Waals surface area contributed by atoms with E-state index in [2.05, 4.69) is 50.6 Å². The third-order valence-electron chi connectivity index (χ3n) is 3.34. The van der Waals surface area contributed by atoms with Gasteiger partial charge in [0, 0.05) is 12.6 Å². The van der Waals surface area contributed by atoms with Crippen LogP contribution in [-0.4, -0.2) is 9.38 Å². The Balaban J connectivity index is 1.89. The first kappa shape index (κ1) is 13.3. The van der Waals surface area contributed by atoms with Gasteiger partial charge >= 0.3 is 0 Å². The number of benzene rings is 1. The zero-order valence-electron chi connectivity index (χ0n) is 11.1. The Hall–Kier alpha value is -1.68. The van der Waals surface area contributed by atoms with Gasteiger partial charge in [-0.25, -0.2) is 9.37 Å². The van der Waals surface area contributed by atoms with E-state index in [9.17, 15) is 4.39 Å². The lowest BCUT2D eigenvalue weighted by Gasteiger charge is -2.03. The molecular weight excluding hydrogens is 319 g/mol. The molecule has 0 bridgehead atoms. The van der Waals surface area contributed by atoms with E-state index in [1.54, 1.807) is 12.1 Å². The minimum Gasteiger partial charge on any atom is -0.302 e. The molecule has 0 aliphatic rings. The summed E-state index contributed by atoms with van der Waals surface area (Å²) in [6.07, 6.45) is 3.63. The van der Waals surface area contributed by atoms with Crippen molar-refractivity contribution in [2.75, 3.05) is 0 Å². The van der Waals surface area contributed by atoms with Crippen LogP contribution in [0.2, 0.25) is 0 Å². The van der Waals surface area contributed by atoms with Gasteiger partial charge < -0.3 is 4.40 Å². The van der Waals surface area contributed by atoms with E-state index in [0.717, 1.165) is 34.3 Å². The van der Waals surface area contributed by atoms with Crippen molar-refractivity contribution in [2.45, 2.75) is 19.8 Å². The molecule has 102 valence electrons. The Labute approximate surface area is 125 Å². The van der Waals surface area contributed by atoms with E-state index in [0.29, 0.717) is 0 Å². The number of rotatable bonds is 3. The first-order valence-electron chi connectivity index (χ1n) is 6.51. The molecule has 0 radical (unpaired) electrons. The molecule has 3 rings (SSSR count). The summed E-state index contributed by atoms with van der Waals surface area (Å²) in [4.78, 5) is 4.55. The van der Waals surface area contributed by atoms with Gasteiger partial charge in [-0.05, 0) is 58.6 Å². The lowest BCUT2D eigenvalue weighted by atomic mass is 10.1. The molecule has 2 nitrogen and oxygen atoms in total. The van der Waals surface area contributed by atoms with Crippen LogP contribution < -0.4 is 0 Å². The Morgan fingerprint density at radius 3 is 2.85 bits per heavy atom. The third-order valence-corrected chi connectivity index (χ3v) is 3.92. The summed E-state index contributed by atoms with van der Waals surface area (Å²) in [5, 5.41) is 0. The molecule has 0 spiro atoms. The molecule has 2 heterocycles. The van der Waals surface area contributed by atoms with E-state index < -0.39 is 0 Å². The average Bonchev–Trinajstić information content (AvgIpc) is 2.73. The zero-order chi connectivity index (χ0) is 14.1. The first-order valence-corrected chi connectivity index (χ1v) is 7.30. The number of halogens is 2. The molecule has 0 amide bonds. The summed E-state index contributed by atoms with van der Waals surface area (Å²) in [6.45, 7) is 2.06. The maximum absolute atomic E-state index is 13.2. The van der Waals surface area contributed by atoms with Gasteiger partial charge in [-0.1, -0.05) is 18.2 Å². The van der Waals surface area contributed by atoms with Crippen LogP contribution in [0.3, 0.4) is 0 Å². The summed E-state index contributed by atoms with van der Waals surface area (Å²) in [5.41, 5.74) is 3.24. The Bertz CT molecular complexity index is 764. The number of aryl methyl sites for hydroxylation is 3. The minimum atomic E-state index is -0.187. The second kappa shape index (κ2) is 5.37. The van der Waals surface area contributed by atoms with Crippen molar-refractivity contribution >= 4 is 21.4 Å². The number of fused-ring (bicyclic) bond motifs is 1. The second-order valence-corrected chi connectivity index (χ2v) is 5.66. The molecule has 0 fully saturated rings. The Morgan fingerprint density at radius 2 is 2.05 bits per heavy atom. The Kier molecular flexibility index (Phi) is 3.57. The lowest BCUT2D eigenvalue weighted by Crippen LogP contribution is -1.98. The largest absolute Gasteiger partial charge is 0.302 e. The molecule has 0 aliphatic heterocycles. The van der Waals surface area contributed by atoms with Crippen LogP contribution in [0.5, 0.6) is 0 Å². The number of aromatic nitrogens is 2. The maximum atomic E-state index is 13.2. The molecule has 0 unspecified atom stereocenters. The zero-order valence-corrected chi connectivity index (χ0v) is 12.7. The van der Waals surface area contributed by atoms with E-state index in [1.165, 1.54) is 11.6 Å². The van der Waals surface area contributed by atoms with Crippen LogP contribution in [0, 0.1) is 12.7 Å². The quantitative estimate of drug-likeness (QED) is 0.697. The number of nitrogens with zero attached hydrogens (tertiary/aromatic N) is 2. The predicted octanol–water partition coefficient (Wildman–Crippen LogP) is 4.33. The highest BCUT2D eigenvalue weighted by atomic mass is 79.9. The highest BCUT2D eigenvalue weighted by molar-refractivity contribution is 9.10. The van der Waals surface area contributed by atoms with Gasteiger partial charge in [-0.2, -0.15) is 0 Å². The lowest BCUT2D eigenvalue weighted by molar-refractivity contribution is 0.625. The third kappa shape index (κ3) is 2.61. The van der Waals surface area contributed by atoms with Crippen LogP contribution >= 0.6 is 15.9 Å². The number of hydrogen-bond donors (Lipinski definition) is 0. The molecule has 0 aliphatic carbocycles. The fourth-order valence-electron chi connectivity index (χ4n) is 2.34. The molecule has 3 aromatic rings. The van der Waals surface area contributed by atoms with E-state index >= 15 is 0 Å². The van der Waals surface area contributed by atoms with Gasteiger partial charge in [-0.3, -0.25) is 0 Å². The molecular formula is C16H14BrFN2. The Morgan fingerprint density at radius 1 is 1.20 bits per heavy atom. The van der Waals surface area contributed by atoms with Crippen molar-refractivity contribution in [2.24, 2.45) is 0 Å². The molecule has 0 saturated carbocycles. The summed E-state index contributed by atoms with van der Waals surface area (Å²) < 4.78 is 16.1. The van der Waals surface area contributed by atoms with Gasteiger partial charge in [0.2, 0.25) is 0 Å². The van der Waals surface area contributed by atoms with Crippen molar-refractivity contribution in [1.82, 2.24) is 9.38 Å². The summed E-state index contributed by atoms with van der Waals surface area (Å²) >= 11 is 3.49. The van der Waals surface area contributed by atoms with Gasteiger partial charge in [0.25, 0.3) is 0 Å². The van der Waals surface area contributed by atoms with E-state index in [1.807, 2.05) is 6.07 Å². The van der Waals surface area contributed by atoms with Crippen molar-refractivity contribution in [3.8, 4) is 0 Å². The average molecular weight is 333 g/mol.